The van der Waals surface area contributed by atoms with Crippen molar-refractivity contribution >= 4 is 37.2 Å². The third-order valence-electron chi connectivity index (χ3n) is 10.8. The number of anilines is 2. The average Bonchev–Trinajstić information content (AvgIpc) is 3.77. The number of benzene rings is 4. The van der Waals surface area contributed by atoms with E-state index in [4.69, 9.17) is 10.2 Å². The molecule has 3 heterocycles. The number of carbonyl (C=O) groups excluding carboxylic acids is 1. The normalized spacial score (nSPS) is 16.0. The molecule has 2 N–H and O–H groups in total. The van der Waals surface area contributed by atoms with Crippen LogP contribution in [0.15, 0.2) is 114 Å². The Morgan fingerprint density at radius 1 is 0.683 bits per heavy atom. The molecular formula is C43H51F2N7O6S2. The number of likely N-dealkylation sites (tertiary alicyclic amines) is 2. The van der Waals surface area contributed by atoms with Crippen LogP contribution in [0.2, 0.25) is 0 Å². The molecule has 2 fully saturated rings. The number of alkyl halides is 2. The maximum atomic E-state index is 13.6. The molecule has 0 bridgehead atoms. The molecule has 0 spiro atoms. The number of nitrogens with two attached hydrogens (primary N) is 1. The fraction of sp³-hybridized carbons (Fsp3) is 0.372. The topological polar surface area (TPSA) is 163 Å². The number of carbonyl (C=O) groups is 1. The molecule has 17 heteroatoms. The van der Waals surface area contributed by atoms with Gasteiger partial charge in [0.2, 0.25) is 25.9 Å². The lowest BCUT2D eigenvalue weighted by atomic mass is 10.1. The molecule has 0 amide bonds. The van der Waals surface area contributed by atoms with E-state index in [9.17, 15) is 30.4 Å². The molecule has 2 saturated heterocycles. The molecule has 4 aromatic carbocycles. The van der Waals surface area contributed by atoms with Gasteiger partial charge in [-0.05, 0) is 113 Å². The smallest absolute Gasteiger partial charge is 0.314 e. The number of nitrogens with zero attached hydrogens (tertiary/aromatic N) is 6. The summed E-state index contributed by atoms with van der Waals surface area (Å²) in [6, 6.07) is 32.0. The number of rotatable bonds is 14. The van der Waals surface area contributed by atoms with Crippen LogP contribution in [-0.4, -0.2) is 99.9 Å². The van der Waals surface area contributed by atoms with Gasteiger partial charge in [0.1, 0.15) is 0 Å². The molecule has 7 rings (SSSR count). The molecule has 0 saturated carbocycles. The fourth-order valence-electron chi connectivity index (χ4n) is 7.21. The van der Waals surface area contributed by atoms with Gasteiger partial charge in [0.15, 0.2) is 5.78 Å². The molecule has 13 nitrogen and oxygen atoms in total. The van der Waals surface area contributed by atoms with Crippen molar-refractivity contribution in [2.24, 2.45) is 5.73 Å². The standard InChI is InChI=1S/C22H24F2N4O3S.C21H27N3O3S/c1-27-13-11-19(12-14-27)32(29,30)28(18-5-3-2-4-6-18)15-16-7-9-17(10-8-16)21-25-26-22(31-21)20(23)24;1-23-13-11-20(12-14-23)28(26,27)24(19-5-3-2-4-6-19)16-17-7-9-18(10-8-17)21(25)15-22/h2-10,19-20H,11-15H2,1H3;2-10,20H,11-16,22H2,1H3. The van der Waals surface area contributed by atoms with Crippen LogP contribution in [0.3, 0.4) is 0 Å². The van der Waals surface area contributed by atoms with Gasteiger partial charge in [0.05, 0.1) is 41.5 Å². The van der Waals surface area contributed by atoms with Crippen LogP contribution in [0.25, 0.3) is 11.5 Å². The Balaban J connectivity index is 0.000000203. The quantitative estimate of drug-likeness (QED) is 0.124. The average molecular weight is 864 g/mol. The Hall–Kier alpha value is -5.07. The van der Waals surface area contributed by atoms with E-state index in [1.807, 2.05) is 62.6 Å². The van der Waals surface area contributed by atoms with Crippen molar-refractivity contribution in [1.82, 2.24) is 20.0 Å². The molecule has 320 valence electrons. The SMILES string of the molecule is CN1CCC(S(=O)(=O)N(Cc2ccc(-c3nnc(C(F)F)o3)cc2)c2ccccc2)CC1.CN1CCC(S(=O)(=O)N(Cc2ccc(C(=O)CN)cc2)c2ccccc2)CC1. The van der Waals surface area contributed by atoms with E-state index in [0.29, 0.717) is 48.2 Å². The zero-order valence-electron chi connectivity index (χ0n) is 33.7. The van der Waals surface area contributed by atoms with Crippen molar-refractivity contribution < 1.29 is 34.8 Å². The van der Waals surface area contributed by atoms with Crippen LogP contribution in [-0.2, 0) is 33.1 Å². The van der Waals surface area contributed by atoms with Gasteiger partial charge in [0.25, 0.3) is 5.89 Å². The number of hydrogen-bond donors (Lipinski definition) is 1. The van der Waals surface area contributed by atoms with Crippen molar-refractivity contribution in [2.45, 2.75) is 55.7 Å². The van der Waals surface area contributed by atoms with E-state index < -0.39 is 37.6 Å². The highest BCUT2D eigenvalue weighted by molar-refractivity contribution is 7.93. The van der Waals surface area contributed by atoms with Gasteiger partial charge in [-0.3, -0.25) is 13.4 Å². The van der Waals surface area contributed by atoms with Crippen LogP contribution >= 0.6 is 0 Å². The van der Waals surface area contributed by atoms with Gasteiger partial charge < -0.3 is 20.0 Å². The molecule has 2 aliphatic rings. The lowest BCUT2D eigenvalue weighted by molar-refractivity contribution is 0.100. The second-order valence-corrected chi connectivity index (χ2v) is 19.3. The van der Waals surface area contributed by atoms with E-state index in [1.54, 1.807) is 60.7 Å². The highest BCUT2D eigenvalue weighted by atomic mass is 32.2. The van der Waals surface area contributed by atoms with E-state index in [0.717, 1.165) is 37.3 Å². The number of Topliss-reactive ketones (excluding diaryl/α,β-unsaturated/α-hetero) is 1. The summed E-state index contributed by atoms with van der Waals surface area (Å²) >= 11 is 0. The Kier molecular flexibility index (Phi) is 14.8. The predicted molar refractivity (Wildman–Crippen MR) is 229 cm³/mol. The van der Waals surface area contributed by atoms with Gasteiger partial charge in [-0.25, -0.2) is 16.8 Å². The lowest BCUT2D eigenvalue weighted by Gasteiger charge is -2.34. The van der Waals surface area contributed by atoms with Crippen molar-refractivity contribution in [1.29, 1.82) is 0 Å². The summed E-state index contributed by atoms with van der Waals surface area (Å²) < 4.78 is 87.3. The maximum Gasteiger partial charge on any atom is 0.314 e. The van der Waals surface area contributed by atoms with Crippen LogP contribution in [0.1, 0.15) is 59.5 Å². The number of sulfonamides is 2. The Morgan fingerprint density at radius 2 is 1.10 bits per heavy atom. The van der Waals surface area contributed by atoms with Crippen LogP contribution in [0.4, 0.5) is 20.2 Å². The van der Waals surface area contributed by atoms with Crippen LogP contribution in [0.5, 0.6) is 0 Å². The second-order valence-electron chi connectivity index (χ2n) is 15.0. The van der Waals surface area contributed by atoms with Crippen molar-refractivity contribution in [2.75, 3.05) is 55.4 Å². The number of ketones is 1. The molecule has 0 unspecified atom stereocenters. The summed E-state index contributed by atoms with van der Waals surface area (Å²) in [6.45, 7) is 3.39. The molecule has 2 aliphatic heterocycles. The largest absolute Gasteiger partial charge is 0.415 e. The van der Waals surface area contributed by atoms with Gasteiger partial charge in [-0.1, -0.05) is 72.8 Å². The Bertz CT molecular complexity index is 2360. The number of aromatic nitrogens is 2. The summed E-state index contributed by atoms with van der Waals surface area (Å²) in [5.74, 6) is -0.875. The number of halogens is 2. The maximum absolute atomic E-state index is 13.6. The van der Waals surface area contributed by atoms with Gasteiger partial charge in [-0.15, -0.1) is 10.2 Å². The zero-order valence-corrected chi connectivity index (χ0v) is 35.3. The van der Waals surface area contributed by atoms with E-state index >= 15 is 0 Å². The van der Waals surface area contributed by atoms with E-state index in [-0.39, 0.29) is 36.6 Å². The summed E-state index contributed by atoms with van der Waals surface area (Å²) in [5, 5.41) is 6.15. The second kappa shape index (κ2) is 20.0. The van der Waals surface area contributed by atoms with Crippen LogP contribution in [0, 0.1) is 0 Å². The first-order valence-corrected chi connectivity index (χ1v) is 22.8. The number of hydrogen-bond acceptors (Lipinski definition) is 11. The molecule has 0 radical (unpaired) electrons. The molecule has 60 heavy (non-hydrogen) atoms. The first-order chi connectivity index (χ1) is 28.8. The van der Waals surface area contributed by atoms with Crippen molar-refractivity contribution in [3.63, 3.8) is 0 Å². The minimum absolute atomic E-state index is 0.00860. The molecule has 1 aromatic heterocycles. The van der Waals surface area contributed by atoms with Gasteiger partial charge in [0, 0.05) is 11.1 Å². The molecule has 5 aromatic rings. The van der Waals surface area contributed by atoms with Gasteiger partial charge in [-0.2, -0.15) is 8.78 Å². The lowest BCUT2D eigenvalue weighted by Crippen LogP contribution is -2.44. The third-order valence-corrected chi connectivity index (χ3v) is 15.4. The molecule has 0 atom stereocenters. The first-order valence-electron chi connectivity index (χ1n) is 19.8. The van der Waals surface area contributed by atoms with Crippen molar-refractivity contribution in [3.8, 4) is 11.5 Å². The molecular weight excluding hydrogens is 813 g/mol. The van der Waals surface area contributed by atoms with Gasteiger partial charge >= 0.3 is 6.43 Å². The van der Waals surface area contributed by atoms with E-state index in [2.05, 4.69) is 20.0 Å². The number of para-hydroxylation sites is 2. The summed E-state index contributed by atoms with van der Waals surface area (Å²) in [7, 11) is -3.09. The number of piperidine rings is 2. The highest BCUT2D eigenvalue weighted by Gasteiger charge is 2.36. The summed E-state index contributed by atoms with van der Waals surface area (Å²) in [5.41, 5.74) is 9.27. The third kappa shape index (κ3) is 11.0. The van der Waals surface area contributed by atoms with Crippen LogP contribution < -0.4 is 14.3 Å². The monoisotopic (exact) mass is 863 g/mol. The molecule has 0 aliphatic carbocycles. The summed E-state index contributed by atoms with van der Waals surface area (Å²) in [6.07, 6.45) is -0.395. The Labute approximate surface area is 350 Å². The predicted octanol–water partition coefficient (Wildman–Crippen LogP) is 6.36. The highest BCUT2D eigenvalue weighted by Crippen LogP contribution is 2.30. The van der Waals surface area contributed by atoms with Crippen molar-refractivity contribution in [3.05, 3.63) is 132 Å². The minimum atomic E-state index is -3.58. The fourth-order valence-corrected chi connectivity index (χ4v) is 11.0. The summed E-state index contributed by atoms with van der Waals surface area (Å²) in [4.78, 5) is 16.0. The minimum Gasteiger partial charge on any atom is -0.415 e. The zero-order chi connectivity index (χ0) is 42.9. The first kappa shape index (κ1) is 44.5. The Morgan fingerprint density at radius 3 is 1.48 bits per heavy atom. The van der Waals surface area contributed by atoms with E-state index in [1.165, 1.54) is 8.61 Å².